The molecule has 0 heterocycles. The third kappa shape index (κ3) is 2.35. The molecule has 0 saturated carbocycles. The maximum absolute atomic E-state index is 13.6. The summed E-state index contributed by atoms with van der Waals surface area (Å²) in [5.41, 5.74) is 8.00. The van der Waals surface area contributed by atoms with Crippen molar-refractivity contribution in [2.45, 2.75) is 6.04 Å². The molecule has 0 aliphatic heterocycles. The summed E-state index contributed by atoms with van der Waals surface area (Å²) in [5, 5.41) is 2.30. The molecule has 0 amide bonds. The molecule has 0 aliphatic carbocycles. The number of hydrogen-bond acceptors (Lipinski definition) is 1. The average Bonchev–Trinajstić information content (AvgIpc) is 2.49. The first-order valence-electron chi connectivity index (χ1n) is 6.35. The van der Waals surface area contributed by atoms with Crippen LogP contribution in [0.1, 0.15) is 17.2 Å². The van der Waals surface area contributed by atoms with E-state index in [2.05, 4.69) is 28.1 Å². The molecule has 100 valence electrons. The second-order valence-electron chi connectivity index (χ2n) is 4.73. The number of rotatable bonds is 2. The fraction of sp³-hybridized carbons (Fsp3) is 0.0588. The Kier molecular flexibility index (Phi) is 3.55. The quantitative estimate of drug-likeness (QED) is 0.718. The Hall–Kier alpha value is -1.71. The van der Waals surface area contributed by atoms with Crippen molar-refractivity contribution in [3.63, 3.8) is 0 Å². The van der Waals surface area contributed by atoms with Crippen LogP contribution in [0.4, 0.5) is 4.39 Å². The predicted molar refractivity (Wildman–Crippen MR) is 84.1 cm³/mol. The lowest BCUT2D eigenvalue weighted by Gasteiger charge is -2.15. The smallest absolute Gasteiger partial charge is 0.137 e. The minimum Gasteiger partial charge on any atom is -0.320 e. The number of benzene rings is 3. The lowest BCUT2D eigenvalue weighted by molar-refractivity contribution is 0.616. The molecule has 3 aromatic rings. The summed E-state index contributed by atoms with van der Waals surface area (Å²) < 4.78 is 14.0. The van der Waals surface area contributed by atoms with Crippen LogP contribution in [0.25, 0.3) is 10.8 Å². The lowest BCUT2D eigenvalue weighted by Crippen LogP contribution is -2.12. The van der Waals surface area contributed by atoms with Crippen molar-refractivity contribution in [2.75, 3.05) is 0 Å². The summed E-state index contributed by atoms with van der Waals surface area (Å²) in [5.74, 6) is -0.293. The van der Waals surface area contributed by atoms with Gasteiger partial charge in [-0.25, -0.2) is 4.39 Å². The van der Waals surface area contributed by atoms with Crippen LogP contribution in [0.5, 0.6) is 0 Å². The van der Waals surface area contributed by atoms with Crippen LogP contribution in [-0.2, 0) is 0 Å². The van der Waals surface area contributed by atoms with E-state index in [0.29, 0.717) is 4.47 Å². The van der Waals surface area contributed by atoms with Gasteiger partial charge in [0, 0.05) is 0 Å². The molecule has 0 spiro atoms. The van der Waals surface area contributed by atoms with Crippen LogP contribution >= 0.6 is 15.9 Å². The van der Waals surface area contributed by atoms with Gasteiger partial charge >= 0.3 is 0 Å². The van der Waals surface area contributed by atoms with Crippen molar-refractivity contribution < 1.29 is 4.39 Å². The van der Waals surface area contributed by atoms with E-state index in [-0.39, 0.29) is 11.9 Å². The third-order valence-corrected chi connectivity index (χ3v) is 4.29. The fourth-order valence-electron chi connectivity index (χ4n) is 2.34. The molecule has 0 bridgehead atoms. The van der Waals surface area contributed by atoms with E-state index >= 15 is 0 Å². The lowest BCUT2D eigenvalue weighted by atomic mass is 9.97. The van der Waals surface area contributed by atoms with E-state index in [1.807, 2.05) is 36.4 Å². The normalized spacial score (nSPS) is 12.6. The zero-order chi connectivity index (χ0) is 14.1. The molecule has 3 aromatic carbocycles. The Balaban J connectivity index is 2.08. The van der Waals surface area contributed by atoms with Crippen LogP contribution in [0.15, 0.2) is 65.1 Å². The van der Waals surface area contributed by atoms with Crippen LogP contribution in [0.2, 0.25) is 0 Å². The van der Waals surface area contributed by atoms with Crippen LogP contribution in [-0.4, -0.2) is 0 Å². The van der Waals surface area contributed by atoms with Crippen molar-refractivity contribution >= 4 is 26.7 Å². The molecule has 0 saturated heterocycles. The van der Waals surface area contributed by atoms with Gasteiger partial charge in [0.1, 0.15) is 5.82 Å². The molecule has 1 atom stereocenters. The second kappa shape index (κ2) is 5.35. The van der Waals surface area contributed by atoms with Crippen LogP contribution in [0.3, 0.4) is 0 Å². The van der Waals surface area contributed by atoms with E-state index in [1.54, 1.807) is 6.07 Å². The zero-order valence-corrected chi connectivity index (χ0v) is 12.3. The van der Waals surface area contributed by atoms with Crippen molar-refractivity contribution in [1.82, 2.24) is 0 Å². The Morgan fingerprint density at radius 1 is 0.900 bits per heavy atom. The fourth-order valence-corrected chi connectivity index (χ4v) is 2.85. The standard InChI is InChI=1S/C17H13BrFN/c18-16-14(6-3-7-15(16)19)17(20)13-9-8-11-4-1-2-5-12(11)10-13/h1-10,17H,20H2. The molecule has 1 unspecified atom stereocenters. The van der Waals surface area contributed by atoms with E-state index in [1.165, 1.54) is 11.5 Å². The van der Waals surface area contributed by atoms with Crippen molar-refractivity contribution in [3.05, 3.63) is 82.1 Å². The number of nitrogens with two attached hydrogens (primary N) is 1. The number of fused-ring (bicyclic) bond motifs is 1. The van der Waals surface area contributed by atoms with Gasteiger partial charge in [-0.2, -0.15) is 0 Å². The largest absolute Gasteiger partial charge is 0.320 e. The third-order valence-electron chi connectivity index (χ3n) is 3.45. The van der Waals surface area contributed by atoms with E-state index in [9.17, 15) is 4.39 Å². The topological polar surface area (TPSA) is 26.0 Å². The zero-order valence-electron chi connectivity index (χ0n) is 10.7. The summed E-state index contributed by atoms with van der Waals surface area (Å²) >= 11 is 3.27. The van der Waals surface area contributed by atoms with Crippen molar-refractivity contribution in [3.8, 4) is 0 Å². The van der Waals surface area contributed by atoms with E-state index in [0.717, 1.165) is 16.5 Å². The summed E-state index contributed by atoms with van der Waals surface area (Å²) in [6.45, 7) is 0. The van der Waals surface area contributed by atoms with Gasteiger partial charge in [0.2, 0.25) is 0 Å². The van der Waals surface area contributed by atoms with Gasteiger partial charge in [-0.05, 0) is 50.0 Å². The van der Waals surface area contributed by atoms with Crippen molar-refractivity contribution in [2.24, 2.45) is 5.73 Å². The molecule has 20 heavy (non-hydrogen) atoms. The van der Waals surface area contributed by atoms with Gasteiger partial charge in [0.25, 0.3) is 0 Å². The molecule has 3 rings (SSSR count). The summed E-state index contributed by atoms with van der Waals surface area (Å²) in [6.07, 6.45) is 0. The van der Waals surface area contributed by atoms with Gasteiger partial charge in [-0.1, -0.05) is 48.5 Å². The van der Waals surface area contributed by atoms with E-state index in [4.69, 9.17) is 5.73 Å². The Labute approximate surface area is 125 Å². The molecular weight excluding hydrogens is 317 g/mol. The molecule has 0 aliphatic rings. The van der Waals surface area contributed by atoms with Gasteiger partial charge in [0.05, 0.1) is 10.5 Å². The maximum atomic E-state index is 13.6. The summed E-state index contributed by atoms with van der Waals surface area (Å²) in [7, 11) is 0. The van der Waals surface area contributed by atoms with Crippen LogP contribution < -0.4 is 5.73 Å². The minimum absolute atomic E-state index is 0.293. The molecular formula is C17H13BrFN. The predicted octanol–water partition coefficient (Wildman–Crippen LogP) is 4.79. The van der Waals surface area contributed by atoms with Gasteiger partial charge in [-0.3, -0.25) is 0 Å². The van der Waals surface area contributed by atoms with Gasteiger partial charge < -0.3 is 5.73 Å². The SMILES string of the molecule is NC(c1ccc2ccccc2c1)c1cccc(F)c1Br. The molecule has 0 aromatic heterocycles. The van der Waals surface area contributed by atoms with Gasteiger partial charge in [0.15, 0.2) is 0 Å². The first-order valence-corrected chi connectivity index (χ1v) is 7.14. The van der Waals surface area contributed by atoms with Crippen molar-refractivity contribution in [1.29, 1.82) is 0 Å². The van der Waals surface area contributed by atoms with Gasteiger partial charge in [-0.15, -0.1) is 0 Å². The monoisotopic (exact) mass is 329 g/mol. The molecule has 0 radical (unpaired) electrons. The molecule has 1 nitrogen and oxygen atoms in total. The highest BCUT2D eigenvalue weighted by atomic mass is 79.9. The average molecular weight is 330 g/mol. The van der Waals surface area contributed by atoms with Crippen LogP contribution in [0, 0.1) is 5.82 Å². The highest BCUT2D eigenvalue weighted by molar-refractivity contribution is 9.10. The number of hydrogen-bond donors (Lipinski definition) is 1. The molecule has 3 heteroatoms. The highest BCUT2D eigenvalue weighted by Gasteiger charge is 2.14. The first-order chi connectivity index (χ1) is 9.66. The Morgan fingerprint density at radius 2 is 1.65 bits per heavy atom. The highest BCUT2D eigenvalue weighted by Crippen LogP contribution is 2.30. The second-order valence-corrected chi connectivity index (χ2v) is 5.52. The summed E-state index contributed by atoms with van der Waals surface area (Å²) in [4.78, 5) is 0. The molecule has 2 N–H and O–H groups in total. The number of halogens is 2. The summed E-state index contributed by atoms with van der Waals surface area (Å²) in [6, 6.07) is 18.8. The Morgan fingerprint density at radius 3 is 2.45 bits per heavy atom. The van der Waals surface area contributed by atoms with E-state index < -0.39 is 0 Å². The molecule has 0 fully saturated rings. The maximum Gasteiger partial charge on any atom is 0.137 e. The Bertz CT molecular complexity index is 770. The first kappa shape index (κ1) is 13.3. The minimum atomic E-state index is -0.357.